The van der Waals surface area contributed by atoms with Crippen LogP contribution in [0.1, 0.15) is 17.5 Å². The summed E-state index contributed by atoms with van der Waals surface area (Å²) in [5, 5.41) is 0. The number of likely N-dealkylation sites (N-methyl/N-ethyl adjacent to an activating group) is 1. The fourth-order valence-corrected chi connectivity index (χ4v) is 3.35. The molecule has 0 aromatic heterocycles. The van der Waals surface area contributed by atoms with E-state index in [9.17, 15) is 4.79 Å². The summed E-state index contributed by atoms with van der Waals surface area (Å²) in [7, 11) is 1.91. The van der Waals surface area contributed by atoms with Crippen LogP contribution in [0.15, 0.2) is 24.3 Å². The lowest BCUT2D eigenvalue weighted by Crippen LogP contribution is -2.37. The summed E-state index contributed by atoms with van der Waals surface area (Å²) < 4.78 is 0. The highest BCUT2D eigenvalue weighted by Gasteiger charge is 2.25. The van der Waals surface area contributed by atoms with Crippen molar-refractivity contribution in [3.8, 4) is 0 Å². The molecule has 1 heterocycles. The largest absolute Gasteiger partial charge is 0.345 e. The molecule has 1 fully saturated rings. The maximum Gasteiger partial charge on any atom is 0.236 e. The van der Waals surface area contributed by atoms with Gasteiger partial charge in [0.15, 0.2) is 0 Å². The molecule has 1 aliphatic carbocycles. The van der Waals surface area contributed by atoms with Crippen molar-refractivity contribution in [1.29, 1.82) is 0 Å². The number of carbonyl (C=O) groups is 1. The Bertz CT molecular complexity index is 447. The zero-order valence-corrected chi connectivity index (χ0v) is 11.6. The van der Waals surface area contributed by atoms with Crippen molar-refractivity contribution < 1.29 is 4.79 Å². The predicted octanol–water partition coefficient (Wildman–Crippen LogP) is 1.57. The molecule has 0 radical (unpaired) electrons. The van der Waals surface area contributed by atoms with E-state index in [1.165, 1.54) is 24.0 Å². The lowest BCUT2D eigenvalue weighted by molar-refractivity contribution is -0.130. The van der Waals surface area contributed by atoms with Gasteiger partial charge < -0.3 is 4.90 Å². The van der Waals surface area contributed by atoms with Crippen LogP contribution in [0.2, 0.25) is 0 Å². The van der Waals surface area contributed by atoms with Gasteiger partial charge in [-0.05, 0) is 36.3 Å². The molecule has 102 valence electrons. The van der Waals surface area contributed by atoms with Crippen LogP contribution in [0.25, 0.3) is 0 Å². The van der Waals surface area contributed by atoms with Gasteiger partial charge in [-0.2, -0.15) is 0 Å². The first-order valence-corrected chi connectivity index (χ1v) is 7.25. The molecule has 1 aromatic carbocycles. The zero-order valence-electron chi connectivity index (χ0n) is 11.6. The average Bonchev–Trinajstić information content (AvgIpc) is 2.73. The minimum absolute atomic E-state index is 0.271. The molecule has 0 bridgehead atoms. The van der Waals surface area contributed by atoms with Gasteiger partial charge in [0.05, 0.1) is 6.54 Å². The standard InChI is InChI=1S/C16H22N2O/c1-17-7-4-8-18(12-16(17)19)11-13-9-14-5-2-3-6-15(14)10-13/h2-3,5-6,13H,4,7-12H2,1H3. The summed E-state index contributed by atoms with van der Waals surface area (Å²) in [4.78, 5) is 16.1. The molecule has 0 saturated carbocycles. The molecule has 1 amide bonds. The summed E-state index contributed by atoms with van der Waals surface area (Å²) >= 11 is 0. The molecular weight excluding hydrogens is 236 g/mol. The Labute approximate surface area is 115 Å². The van der Waals surface area contributed by atoms with Gasteiger partial charge in [-0.25, -0.2) is 0 Å². The van der Waals surface area contributed by atoms with Gasteiger partial charge in [0.1, 0.15) is 0 Å². The second-order valence-electron chi connectivity index (χ2n) is 5.95. The van der Waals surface area contributed by atoms with Crippen LogP contribution >= 0.6 is 0 Å². The summed E-state index contributed by atoms with van der Waals surface area (Å²) in [5.41, 5.74) is 3.01. The quantitative estimate of drug-likeness (QED) is 0.804. The van der Waals surface area contributed by atoms with Crippen LogP contribution in [0.4, 0.5) is 0 Å². The number of nitrogens with zero attached hydrogens (tertiary/aromatic N) is 2. The smallest absolute Gasteiger partial charge is 0.236 e. The normalized spacial score (nSPS) is 21.5. The second-order valence-corrected chi connectivity index (χ2v) is 5.95. The molecular formula is C16H22N2O. The van der Waals surface area contributed by atoms with Crippen molar-refractivity contribution in [2.75, 3.05) is 33.2 Å². The number of amides is 1. The molecule has 0 N–H and O–H groups in total. The first kappa shape index (κ1) is 12.7. The number of hydrogen-bond acceptors (Lipinski definition) is 2. The van der Waals surface area contributed by atoms with E-state index in [0.29, 0.717) is 12.5 Å². The van der Waals surface area contributed by atoms with Gasteiger partial charge in [0.25, 0.3) is 0 Å². The Hall–Kier alpha value is -1.35. The van der Waals surface area contributed by atoms with E-state index >= 15 is 0 Å². The van der Waals surface area contributed by atoms with E-state index < -0.39 is 0 Å². The first-order chi connectivity index (χ1) is 9.22. The van der Waals surface area contributed by atoms with E-state index in [4.69, 9.17) is 0 Å². The molecule has 19 heavy (non-hydrogen) atoms. The van der Waals surface area contributed by atoms with Crippen molar-refractivity contribution in [2.24, 2.45) is 5.92 Å². The van der Waals surface area contributed by atoms with E-state index in [0.717, 1.165) is 26.1 Å². The molecule has 1 saturated heterocycles. The van der Waals surface area contributed by atoms with Gasteiger partial charge >= 0.3 is 0 Å². The van der Waals surface area contributed by atoms with Crippen molar-refractivity contribution in [3.05, 3.63) is 35.4 Å². The van der Waals surface area contributed by atoms with Gasteiger partial charge in [-0.3, -0.25) is 9.69 Å². The minimum atomic E-state index is 0.271. The highest BCUT2D eigenvalue weighted by atomic mass is 16.2. The van der Waals surface area contributed by atoms with Crippen LogP contribution in [-0.2, 0) is 17.6 Å². The number of fused-ring (bicyclic) bond motifs is 1. The highest BCUT2D eigenvalue weighted by molar-refractivity contribution is 5.78. The van der Waals surface area contributed by atoms with Crippen molar-refractivity contribution in [1.82, 2.24) is 9.80 Å². The van der Waals surface area contributed by atoms with Crippen LogP contribution in [0, 0.1) is 5.92 Å². The average molecular weight is 258 g/mol. The van der Waals surface area contributed by atoms with Crippen molar-refractivity contribution in [3.63, 3.8) is 0 Å². The topological polar surface area (TPSA) is 23.6 Å². The molecule has 3 rings (SSSR count). The molecule has 0 atom stereocenters. The van der Waals surface area contributed by atoms with Gasteiger partial charge in [0, 0.05) is 26.7 Å². The van der Waals surface area contributed by atoms with E-state index in [-0.39, 0.29) is 5.91 Å². The SMILES string of the molecule is CN1CCCN(CC2Cc3ccccc3C2)CC1=O. The number of rotatable bonds is 2. The molecule has 0 unspecified atom stereocenters. The molecule has 3 heteroatoms. The summed E-state index contributed by atoms with van der Waals surface area (Å²) in [6.45, 7) is 3.63. The van der Waals surface area contributed by atoms with Crippen molar-refractivity contribution >= 4 is 5.91 Å². The lowest BCUT2D eigenvalue weighted by atomic mass is 10.1. The molecule has 0 spiro atoms. The maximum atomic E-state index is 11.9. The molecule has 1 aliphatic heterocycles. The predicted molar refractivity (Wildman–Crippen MR) is 76.0 cm³/mol. The van der Waals surface area contributed by atoms with Crippen LogP contribution in [0.3, 0.4) is 0 Å². The third-order valence-corrected chi connectivity index (χ3v) is 4.40. The second kappa shape index (κ2) is 5.33. The lowest BCUT2D eigenvalue weighted by Gasteiger charge is -2.22. The summed E-state index contributed by atoms with van der Waals surface area (Å²) in [6, 6.07) is 8.75. The highest BCUT2D eigenvalue weighted by Crippen LogP contribution is 2.27. The third kappa shape index (κ3) is 2.81. The van der Waals surface area contributed by atoms with E-state index in [1.54, 1.807) is 0 Å². The Morgan fingerprint density at radius 2 is 1.84 bits per heavy atom. The molecule has 2 aliphatic rings. The van der Waals surface area contributed by atoms with E-state index in [1.807, 2.05) is 11.9 Å². The van der Waals surface area contributed by atoms with Crippen molar-refractivity contribution in [2.45, 2.75) is 19.3 Å². The Morgan fingerprint density at radius 3 is 2.53 bits per heavy atom. The Kier molecular flexibility index (Phi) is 3.56. The van der Waals surface area contributed by atoms with Gasteiger partial charge in [-0.1, -0.05) is 24.3 Å². The fraction of sp³-hybridized carbons (Fsp3) is 0.562. The minimum Gasteiger partial charge on any atom is -0.345 e. The van der Waals surface area contributed by atoms with Crippen LogP contribution in [0.5, 0.6) is 0 Å². The fourth-order valence-electron chi connectivity index (χ4n) is 3.35. The summed E-state index contributed by atoms with van der Waals surface area (Å²) in [6.07, 6.45) is 3.45. The summed E-state index contributed by atoms with van der Waals surface area (Å²) in [5.74, 6) is 0.960. The number of carbonyl (C=O) groups excluding carboxylic acids is 1. The Morgan fingerprint density at radius 1 is 1.16 bits per heavy atom. The Balaban J connectivity index is 1.60. The zero-order chi connectivity index (χ0) is 13.2. The first-order valence-electron chi connectivity index (χ1n) is 7.25. The van der Waals surface area contributed by atoms with Gasteiger partial charge in [-0.15, -0.1) is 0 Å². The van der Waals surface area contributed by atoms with Crippen LogP contribution in [-0.4, -0.2) is 48.9 Å². The number of benzene rings is 1. The molecule has 1 aromatic rings. The third-order valence-electron chi connectivity index (χ3n) is 4.40. The monoisotopic (exact) mass is 258 g/mol. The number of hydrogen-bond donors (Lipinski definition) is 0. The van der Waals surface area contributed by atoms with Crippen LogP contribution < -0.4 is 0 Å². The maximum absolute atomic E-state index is 11.9. The molecule has 3 nitrogen and oxygen atoms in total. The van der Waals surface area contributed by atoms with Gasteiger partial charge in [0.2, 0.25) is 5.91 Å². The van der Waals surface area contributed by atoms with E-state index in [2.05, 4.69) is 29.2 Å².